The molecule has 3 aromatic rings. The van der Waals surface area contributed by atoms with Crippen LogP contribution in [-0.2, 0) is 6.18 Å². The molecular weight excluding hydrogens is 407 g/mol. The summed E-state index contributed by atoms with van der Waals surface area (Å²) in [6.07, 6.45) is -0.784. The number of nitrogens with one attached hydrogen (secondary N) is 2. The first-order valence-corrected chi connectivity index (χ1v) is 10.2. The van der Waals surface area contributed by atoms with Gasteiger partial charge in [0.1, 0.15) is 5.52 Å². The number of nitrogens with two attached hydrogens (primary N) is 1. The number of hydrogen-bond acceptors (Lipinski definition) is 7. The third kappa shape index (κ3) is 4.79. The van der Waals surface area contributed by atoms with Crippen LogP contribution in [0.4, 0.5) is 36.3 Å². The standard InChI is InChI=1S/C21H24F3N7/c1-2-6-26-15-5-8-31(12-15)19-18-17(4-3-7-27-18)29-20(30-19)28-16-10-13(21(22,23)24)9-14(25)11-16/h3-4,7,9-11,15,26H,2,5-6,8,12,25H2,1H3,(H,28,29,30). The molecule has 164 valence electrons. The number of halogens is 3. The first-order chi connectivity index (χ1) is 14.8. The number of nitrogens with zero attached hydrogens (tertiary/aromatic N) is 4. The molecule has 0 radical (unpaired) electrons. The van der Waals surface area contributed by atoms with Crippen molar-refractivity contribution in [3.63, 3.8) is 0 Å². The molecule has 1 fully saturated rings. The predicted octanol–water partition coefficient (Wildman–Crippen LogP) is 3.95. The number of nitrogen functional groups attached to an aromatic ring is 1. The number of anilines is 4. The van der Waals surface area contributed by atoms with Gasteiger partial charge in [0, 0.05) is 36.7 Å². The molecule has 1 aliphatic heterocycles. The van der Waals surface area contributed by atoms with Crippen LogP contribution in [0.5, 0.6) is 0 Å². The van der Waals surface area contributed by atoms with E-state index >= 15 is 0 Å². The molecule has 7 nitrogen and oxygen atoms in total. The van der Waals surface area contributed by atoms with Crippen molar-refractivity contribution in [2.45, 2.75) is 32.0 Å². The first-order valence-electron chi connectivity index (χ1n) is 10.2. The minimum Gasteiger partial charge on any atom is -0.399 e. The van der Waals surface area contributed by atoms with E-state index in [1.54, 1.807) is 12.3 Å². The van der Waals surface area contributed by atoms with Crippen LogP contribution in [0, 0.1) is 0 Å². The molecule has 4 N–H and O–H groups in total. The van der Waals surface area contributed by atoms with E-state index in [-0.39, 0.29) is 17.3 Å². The van der Waals surface area contributed by atoms with Gasteiger partial charge in [-0.2, -0.15) is 18.2 Å². The highest BCUT2D eigenvalue weighted by Crippen LogP contribution is 2.34. The van der Waals surface area contributed by atoms with E-state index in [2.05, 4.69) is 37.4 Å². The van der Waals surface area contributed by atoms with Gasteiger partial charge in [0.25, 0.3) is 0 Å². The Bertz CT molecular complexity index is 1070. The molecule has 4 rings (SSSR count). The minimum atomic E-state index is -4.50. The molecule has 0 bridgehead atoms. The van der Waals surface area contributed by atoms with Crippen LogP contribution in [0.2, 0.25) is 0 Å². The monoisotopic (exact) mass is 431 g/mol. The molecule has 0 saturated carbocycles. The molecule has 3 heterocycles. The summed E-state index contributed by atoms with van der Waals surface area (Å²) < 4.78 is 39.5. The normalized spacial score (nSPS) is 16.8. The summed E-state index contributed by atoms with van der Waals surface area (Å²) in [4.78, 5) is 15.6. The van der Waals surface area contributed by atoms with Gasteiger partial charge in [-0.3, -0.25) is 4.98 Å². The second-order valence-electron chi connectivity index (χ2n) is 7.59. The van der Waals surface area contributed by atoms with Gasteiger partial charge in [-0.15, -0.1) is 0 Å². The van der Waals surface area contributed by atoms with Gasteiger partial charge < -0.3 is 21.3 Å². The van der Waals surface area contributed by atoms with Gasteiger partial charge in [0.15, 0.2) is 5.82 Å². The topological polar surface area (TPSA) is 92.0 Å². The van der Waals surface area contributed by atoms with E-state index in [9.17, 15) is 13.2 Å². The van der Waals surface area contributed by atoms with E-state index in [1.165, 1.54) is 6.07 Å². The van der Waals surface area contributed by atoms with Gasteiger partial charge >= 0.3 is 6.18 Å². The average Bonchev–Trinajstić information content (AvgIpc) is 3.19. The molecule has 1 atom stereocenters. The zero-order valence-corrected chi connectivity index (χ0v) is 17.1. The smallest absolute Gasteiger partial charge is 0.399 e. The summed E-state index contributed by atoms with van der Waals surface area (Å²) in [6, 6.07) is 7.24. The molecule has 10 heteroatoms. The summed E-state index contributed by atoms with van der Waals surface area (Å²) in [5.74, 6) is 0.855. The van der Waals surface area contributed by atoms with Crippen molar-refractivity contribution in [2.24, 2.45) is 0 Å². The molecule has 0 amide bonds. The zero-order chi connectivity index (χ0) is 22.0. The van der Waals surface area contributed by atoms with Crippen LogP contribution in [0.3, 0.4) is 0 Å². The fraction of sp³-hybridized carbons (Fsp3) is 0.381. The lowest BCUT2D eigenvalue weighted by Crippen LogP contribution is -2.33. The Labute approximate surface area is 177 Å². The third-order valence-electron chi connectivity index (χ3n) is 5.15. The lowest BCUT2D eigenvalue weighted by molar-refractivity contribution is -0.137. The molecule has 1 aliphatic rings. The van der Waals surface area contributed by atoms with Crippen molar-refractivity contribution in [2.75, 3.05) is 35.6 Å². The minimum absolute atomic E-state index is 0.00406. The van der Waals surface area contributed by atoms with Crippen molar-refractivity contribution in [1.82, 2.24) is 20.3 Å². The predicted molar refractivity (Wildman–Crippen MR) is 115 cm³/mol. The van der Waals surface area contributed by atoms with E-state index in [1.807, 2.05) is 6.07 Å². The van der Waals surface area contributed by atoms with Crippen LogP contribution in [0.15, 0.2) is 36.5 Å². The quantitative estimate of drug-likeness (QED) is 0.509. The highest BCUT2D eigenvalue weighted by Gasteiger charge is 2.31. The van der Waals surface area contributed by atoms with Crippen LogP contribution in [-0.4, -0.2) is 40.6 Å². The summed E-state index contributed by atoms with van der Waals surface area (Å²) in [5, 5.41) is 6.41. The third-order valence-corrected chi connectivity index (χ3v) is 5.15. The molecule has 1 unspecified atom stereocenters. The maximum Gasteiger partial charge on any atom is 0.416 e. The number of fused-ring (bicyclic) bond motifs is 1. The summed E-state index contributed by atoms with van der Waals surface area (Å²) in [5.41, 5.74) is 6.29. The molecule has 31 heavy (non-hydrogen) atoms. The summed E-state index contributed by atoms with van der Waals surface area (Å²) >= 11 is 0. The lowest BCUT2D eigenvalue weighted by Gasteiger charge is -2.20. The number of aromatic nitrogens is 3. The Balaban J connectivity index is 1.67. The van der Waals surface area contributed by atoms with Crippen LogP contribution >= 0.6 is 0 Å². The van der Waals surface area contributed by atoms with Crippen molar-refractivity contribution < 1.29 is 13.2 Å². The fourth-order valence-electron chi connectivity index (χ4n) is 3.71. The second-order valence-corrected chi connectivity index (χ2v) is 7.59. The first kappa shape index (κ1) is 21.1. The van der Waals surface area contributed by atoms with Gasteiger partial charge in [-0.1, -0.05) is 6.92 Å². The SMILES string of the molecule is CCCNC1CCN(c2nc(Nc3cc(N)cc(C(F)(F)F)c3)nc3cccnc23)C1. The molecule has 0 spiro atoms. The van der Waals surface area contributed by atoms with E-state index in [0.29, 0.717) is 22.9 Å². The molecule has 1 saturated heterocycles. The maximum atomic E-state index is 13.2. The molecular formula is C21H24F3N7. The Morgan fingerprint density at radius 2 is 2.06 bits per heavy atom. The van der Waals surface area contributed by atoms with Crippen molar-refractivity contribution in [3.05, 3.63) is 42.1 Å². The zero-order valence-electron chi connectivity index (χ0n) is 17.1. The van der Waals surface area contributed by atoms with E-state index in [4.69, 9.17) is 5.73 Å². The maximum absolute atomic E-state index is 13.2. The summed E-state index contributed by atoms with van der Waals surface area (Å²) in [7, 11) is 0. The van der Waals surface area contributed by atoms with Crippen LogP contribution in [0.1, 0.15) is 25.3 Å². The van der Waals surface area contributed by atoms with E-state index < -0.39 is 11.7 Å². The average molecular weight is 431 g/mol. The Morgan fingerprint density at radius 3 is 2.84 bits per heavy atom. The Kier molecular flexibility index (Phi) is 5.81. The van der Waals surface area contributed by atoms with Crippen molar-refractivity contribution in [1.29, 1.82) is 0 Å². The van der Waals surface area contributed by atoms with Gasteiger partial charge in [-0.25, -0.2) is 4.98 Å². The largest absolute Gasteiger partial charge is 0.416 e. The number of alkyl halides is 3. The fourth-order valence-corrected chi connectivity index (χ4v) is 3.71. The van der Waals surface area contributed by atoms with Crippen LogP contribution < -0.4 is 21.3 Å². The number of rotatable bonds is 6. The highest BCUT2D eigenvalue weighted by molar-refractivity contribution is 5.87. The van der Waals surface area contributed by atoms with Crippen LogP contribution in [0.25, 0.3) is 11.0 Å². The second kappa shape index (κ2) is 8.54. The highest BCUT2D eigenvalue weighted by atomic mass is 19.4. The van der Waals surface area contributed by atoms with Gasteiger partial charge in [0.2, 0.25) is 5.95 Å². The Hall–Kier alpha value is -3.14. The van der Waals surface area contributed by atoms with Crippen molar-refractivity contribution >= 4 is 34.2 Å². The lowest BCUT2D eigenvalue weighted by atomic mass is 10.1. The van der Waals surface area contributed by atoms with Crippen molar-refractivity contribution in [3.8, 4) is 0 Å². The number of hydrogen-bond donors (Lipinski definition) is 3. The summed E-state index contributed by atoms with van der Waals surface area (Å²) in [6.45, 7) is 4.66. The molecule has 2 aromatic heterocycles. The van der Waals surface area contributed by atoms with Gasteiger partial charge in [0.05, 0.1) is 11.1 Å². The Morgan fingerprint density at radius 1 is 1.23 bits per heavy atom. The van der Waals surface area contributed by atoms with Gasteiger partial charge in [-0.05, 0) is 49.7 Å². The molecule has 0 aliphatic carbocycles. The molecule has 1 aromatic carbocycles. The number of benzene rings is 1. The number of pyridine rings is 1. The van der Waals surface area contributed by atoms with E-state index in [0.717, 1.165) is 44.6 Å².